The van der Waals surface area contributed by atoms with Crippen molar-refractivity contribution in [3.8, 4) is 0 Å². The van der Waals surface area contributed by atoms with Crippen LogP contribution in [0.2, 0.25) is 0 Å². The zero-order valence-corrected chi connectivity index (χ0v) is 19.8. The zero-order chi connectivity index (χ0) is 21.4. The number of thioether (sulfide) groups is 1. The highest BCUT2D eigenvalue weighted by molar-refractivity contribution is 9.10. The minimum absolute atomic E-state index is 0.0310. The number of carbonyl (C=O) groups is 2. The quantitative estimate of drug-likeness (QED) is 0.557. The lowest BCUT2D eigenvalue weighted by atomic mass is 10.1. The lowest BCUT2D eigenvalue weighted by Crippen LogP contribution is -2.49. The van der Waals surface area contributed by atoms with Gasteiger partial charge in [-0.05, 0) is 51.0 Å². The van der Waals surface area contributed by atoms with E-state index in [1.54, 1.807) is 23.6 Å². The van der Waals surface area contributed by atoms with Crippen molar-refractivity contribution in [2.75, 3.05) is 5.75 Å². The van der Waals surface area contributed by atoms with Crippen LogP contribution in [0, 0.1) is 6.92 Å². The Morgan fingerprint density at radius 1 is 1.07 bits per heavy atom. The Balaban J connectivity index is 2.07. The van der Waals surface area contributed by atoms with Crippen molar-refractivity contribution in [3.63, 3.8) is 0 Å². The molecule has 0 heterocycles. The van der Waals surface area contributed by atoms with Gasteiger partial charge in [-0.2, -0.15) is 0 Å². The van der Waals surface area contributed by atoms with Crippen molar-refractivity contribution >= 4 is 39.5 Å². The summed E-state index contributed by atoms with van der Waals surface area (Å²) in [5.74, 6) is 0.937. The molecule has 0 saturated heterocycles. The first kappa shape index (κ1) is 23.5. The number of nitrogens with zero attached hydrogens (tertiary/aromatic N) is 1. The van der Waals surface area contributed by atoms with E-state index in [1.165, 1.54) is 11.1 Å². The van der Waals surface area contributed by atoms with Gasteiger partial charge in [0.25, 0.3) is 0 Å². The molecule has 0 unspecified atom stereocenters. The van der Waals surface area contributed by atoms with Gasteiger partial charge in [0.1, 0.15) is 6.04 Å². The summed E-state index contributed by atoms with van der Waals surface area (Å²) >= 11 is 5.05. The number of hydrogen-bond acceptors (Lipinski definition) is 3. The van der Waals surface area contributed by atoms with E-state index < -0.39 is 6.04 Å². The lowest BCUT2D eigenvalue weighted by Gasteiger charge is -2.29. The van der Waals surface area contributed by atoms with E-state index in [0.29, 0.717) is 12.3 Å². The molecule has 2 aromatic rings. The van der Waals surface area contributed by atoms with Crippen molar-refractivity contribution in [3.05, 3.63) is 69.7 Å². The van der Waals surface area contributed by atoms with Crippen LogP contribution in [0.5, 0.6) is 0 Å². The molecule has 1 atom stereocenters. The van der Waals surface area contributed by atoms with E-state index in [0.717, 1.165) is 15.8 Å². The second-order valence-electron chi connectivity index (χ2n) is 7.47. The average Bonchev–Trinajstić information content (AvgIpc) is 2.65. The summed E-state index contributed by atoms with van der Waals surface area (Å²) in [6.45, 7) is 8.09. The summed E-state index contributed by atoms with van der Waals surface area (Å²) in [5, 5.41) is 2.91. The molecule has 0 saturated carbocycles. The Bertz CT molecular complexity index is 841. The highest BCUT2D eigenvalue weighted by Crippen LogP contribution is 2.18. The van der Waals surface area contributed by atoms with Gasteiger partial charge < -0.3 is 10.2 Å². The van der Waals surface area contributed by atoms with Crippen LogP contribution in [0.4, 0.5) is 0 Å². The molecule has 2 aromatic carbocycles. The summed E-state index contributed by atoms with van der Waals surface area (Å²) in [4.78, 5) is 27.3. The van der Waals surface area contributed by atoms with E-state index in [4.69, 9.17) is 0 Å². The molecule has 29 heavy (non-hydrogen) atoms. The monoisotopic (exact) mass is 476 g/mol. The highest BCUT2D eigenvalue weighted by Gasteiger charge is 2.26. The van der Waals surface area contributed by atoms with E-state index in [-0.39, 0.29) is 17.9 Å². The molecular weight excluding hydrogens is 448 g/mol. The molecule has 0 aromatic heterocycles. The van der Waals surface area contributed by atoms with Gasteiger partial charge in [0.2, 0.25) is 11.8 Å². The van der Waals surface area contributed by atoms with E-state index in [1.807, 2.05) is 44.2 Å². The van der Waals surface area contributed by atoms with Crippen LogP contribution in [0.15, 0.2) is 53.0 Å². The Hall–Kier alpha value is -1.79. The lowest BCUT2D eigenvalue weighted by molar-refractivity contribution is -0.138. The number of aryl methyl sites for hydroxylation is 1. The molecule has 6 heteroatoms. The summed E-state index contributed by atoms with van der Waals surface area (Å²) in [7, 11) is 0. The van der Waals surface area contributed by atoms with Gasteiger partial charge in [-0.1, -0.05) is 57.9 Å². The molecule has 0 fully saturated rings. The number of nitrogens with one attached hydrogen (secondary N) is 1. The molecule has 4 nitrogen and oxygen atoms in total. The van der Waals surface area contributed by atoms with Crippen LogP contribution in [-0.2, 0) is 21.9 Å². The predicted molar refractivity (Wildman–Crippen MR) is 125 cm³/mol. The Kier molecular flexibility index (Phi) is 9.24. The van der Waals surface area contributed by atoms with Crippen molar-refractivity contribution in [1.82, 2.24) is 10.2 Å². The van der Waals surface area contributed by atoms with Crippen LogP contribution in [0.25, 0.3) is 0 Å². The second kappa shape index (κ2) is 11.4. The third-order valence-electron chi connectivity index (χ3n) is 4.42. The van der Waals surface area contributed by atoms with E-state index in [9.17, 15) is 9.59 Å². The molecule has 0 aliphatic rings. The molecule has 0 spiro atoms. The maximum atomic E-state index is 13.0. The summed E-state index contributed by atoms with van der Waals surface area (Å²) in [6.07, 6.45) is 0. The molecule has 0 aliphatic carbocycles. The number of halogens is 1. The topological polar surface area (TPSA) is 49.4 Å². The highest BCUT2D eigenvalue weighted by atomic mass is 79.9. The molecule has 2 rings (SSSR count). The fourth-order valence-corrected chi connectivity index (χ4v) is 4.27. The maximum Gasteiger partial charge on any atom is 0.242 e. The maximum absolute atomic E-state index is 13.0. The van der Waals surface area contributed by atoms with Crippen LogP contribution in [0.3, 0.4) is 0 Å². The Morgan fingerprint density at radius 3 is 2.41 bits per heavy atom. The van der Waals surface area contributed by atoms with Gasteiger partial charge in [-0.25, -0.2) is 0 Å². The average molecular weight is 477 g/mol. The predicted octanol–water partition coefficient (Wildman–Crippen LogP) is 4.93. The molecule has 2 amide bonds. The van der Waals surface area contributed by atoms with E-state index in [2.05, 4.69) is 46.4 Å². The molecule has 0 aliphatic heterocycles. The van der Waals surface area contributed by atoms with Crippen molar-refractivity contribution in [2.24, 2.45) is 0 Å². The number of benzene rings is 2. The fraction of sp³-hybridized carbons (Fsp3) is 0.391. The minimum atomic E-state index is -0.538. The van der Waals surface area contributed by atoms with Gasteiger partial charge in [-0.15, -0.1) is 11.8 Å². The van der Waals surface area contributed by atoms with Gasteiger partial charge in [0.15, 0.2) is 0 Å². The van der Waals surface area contributed by atoms with Gasteiger partial charge in [-0.3, -0.25) is 9.59 Å². The first-order valence-electron chi connectivity index (χ1n) is 9.74. The Labute approximate surface area is 186 Å². The van der Waals surface area contributed by atoms with Crippen molar-refractivity contribution in [2.45, 2.75) is 52.1 Å². The molecule has 0 radical (unpaired) electrons. The Morgan fingerprint density at radius 2 is 1.76 bits per heavy atom. The second-order valence-corrected chi connectivity index (χ2v) is 9.37. The van der Waals surface area contributed by atoms with Crippen LogP contribution in [0.1, 0.15) is 37.5 Å². The SMILES string of the molecule is Cc1cccc(CSCC(=O)N(Cc2cccc(Br)c2)[C@H](C)C(=O)NC(C)C)c1. The normalized spacial score (nSPS) is 11.9. The molecule has 1 N–H and O–H groups in total. The molecular formula is C23H29BrN2O2S. The van der Waals surface area contributed by atoms with Gasteiger partial charge >= 0.3 is 0 Å². The summed E-state index contributed by atoms with van der Waals surface area (Å²) in [6, 6.07) is 15.6. The minimum Gasteiger partial charge on any atom is -0.352 e. The van der Waals surface area contributed by atoms with Gasteiger partial charge in [0.05, 0.1) is 5.75 Å². The number of rotatable bonds is 9. The van der Waals surface area contributed by atoms with Crippen molar-refractivity contribution in [1.29, 1.82) is 0 Å². The summed E-state index contributed by atoms with van der Waals surface area (Å²) < 4.78 is 0.954. The first-order valence-corrected chi connectivity index (χ1v) is 11.7. The van der Waals surface area contributed by atoms with E-state index >= 15 is 0 Å². The largest absolute Gasteiger partial charge is 0.352 e. The molecule has 156 valence electrons. The smallest absolute Gasteiger partial charge is 0.242 e. The number of amides is 2. The van der Waals surface area contributed by atoms with Crippen LogP contribution >= 0.6 is 27.7 Å². The molecule has 0 bridgehead atoms. The summed E-state index contributed by atoms with van der Waals surface area (Å²) in [5.41, 5.74) is 3.40. The van der Waals surface area contributed by atoms with Crippen LogP contribution < -0.4 is 5.32 Å². The fourth-order valence-electron chi connectivity index (χ4n) is 2.96. The number of hydrogen-bond donors (Lipinski definition) is 1. The standard InChI is InChI=1S/C23H29BrN2O2S/c1-16(2)25-23(28)18(4)26(13-19-8-6-10-21(24)12-19)22(27)15-29-14-20-9-5-7-17(3)11-20/h5-12,16,18H,13-15H2,1-4H3,(H,25,28)/t18-/m1/s1. The van der Waals surface area contributed by atoms with Gasteiger partial charge in [0, 0.05) is 22.8 Å². The van der Waals surface area contributed by atoms with Crippen LogP contribution in [-0.4, -0.2) is 34.6 Å². The van der Waals surface area contributed by atoms with Crippen molar-refractivity contribution < 1.29 is 9.59 Å². The zero-order valence-electron chi connectivity index (χ0n) is 17.4. The first-order chi connectivity index (χ1) is 13.8. The number of carbonyl (C=O) groups excluding carboxylic acids is 2. The third-order valence-corrected chi connectivity index (χ3v) is 5.90. The third kappa shape index (κ3) is 7.86.